The highest BCUT2D eigenvalue weighted by molar-refractivity contribution is 6.16. The van der Waals surface area contributed by atoms with Crippen molar-refractivity contribution in [3.05, 3.63) is 47.3 Å². The molecule has 1 aromatic heterocycles. The molecule has 3 heteroatoms. The topological polar surface area (TPSA) is 31.2 Å². The van der Waals surface area contributed by atoms with Crippen LogP contribution in [0, 0.1) is 0 Å². The minimum Gasteiger partial charge on any atom is -0.465 e. The Kier molecular flexibility index (Phi) is 4.17. The highest BCUT2D eigenvalue weighted by atomic mass is 16.5. The molecule has 0 atom stereocenters. The van der Waals surface area contributed by atoms with Crippen LogP contribution in [-0.2, 0) is 16.6 Å². The molecule has 114 valence electrons. The van der Waals surface area contributed by atoms with Gasteiger partial charge in [0.1, 0.15) is 5.57 Å². The molecule has 3 rings (SSSR count). The zero-order valence-electron chi connectivity index (χ0n) is 13.2. The predicted octanol–water partition coefficient (Wildman–Crippen LogP) is 4.22. The standard InChI is InChI=1S/C19H21NO2/c1-20-17-11-7-6-10-15(17)13-18(20)16(19(21)22-2)12-14-8-4-3-5-9-14/h6-7,10-11,13H,3-5,8-9H2,1-2H3. The molecule has 0 N–H and O–H groups in total. The van der Waals surface area contributed by atoms with Crippen LogP contribution in [0.4, 0.5) is 0 Å². The maximum absolute atomic E-state index is 12.3. The van der Waals surface area contributed by atoms with Crippen molar-refractivity contribution in [3.63, 3.8) is 0 Å². The zero-order valence-corrected chi connectivity index (χ0v) is 13.2. The van der Waals surface area contributed by atoms with Crippen molar-refractivity contribution in [1.82, 2.24) is 4.57 Å². The third kappa shape index (κ3) is 2.72. The van der Waals surface area contributed by atoms with Gasteiger partial charge in [0.15, 0.2) is 0 Å². The number of carbonyl (C=O) groups excluding carboxylic acids is 1. The van der Waals surface area contributed by atoms with Crippen molar-refractivity contribution in [1.29, 1.82) is 0 Å². The highest BCUT2D eigenvalue weighted by Crippen LogP contribution is 2.27. The van der Waals surface area contributed by atoms with E-state index in [0.29, 0.717) is 5.57 Å². The van der Waals surface area contributed by atoms with Crippen molar-refractivity contribution < 1.29 is 9.53 Å². The van der Waals surface area contributed by atoms with Gasteiger partial charge < -0.3 is 9.30 Å². The molecule has 0 radical (unpaired) electrons. The van der Waals surface area contributed by atoms with E-state index in [2.05, 4.69) is 17.9 Å². The van der Waals surface area contributed by atoms with Crippen LogP contribution in [-0.4, -0.2) is 17.6 Å². The Morgan fingerprint density at radius 1 is 1.18 bits per heavy atom. The molecule has 0 unspecified atom stereocenters. The molecule has 0 spiro atoms. The number of hydrogen-bond donors (Lipinski definition) is 0. The number of carbonyl (C=O) groups is 1. The second-order valence-corrected chi connectivity index (χ2v) is 5.80. The third-order valence-corrected chi connectivity index (χ3v) is 4.36. The van der Waals surface area contributed by atoms with Gasteiger partial charge in [-0.25, -0.2) is 4.79 Å². The van der Waals surface area contributed by atoms with Gasteiger partial charge in [0.25, 0.3) is 0 Å². The average Bonchev–Trinajstić information content (AvgIpc) is 2.90. The number of fused-ring (bicyclic) bond motifs is 1. The average molecular weight is 295 g/mol. The molecule has 2 aromatic rings. The van der Waals surface area contributed by atoms with Crippen LogP contribution in [0.3, 0.4) is 0 Å². The predicted molar refractivity (Wildman–Crippen MR) is 88.5 cm³/mol. The molecule has 1 aromatic carbocycles. The van der Waals surface area contributed by atoms with E-state index in [4.69, 9.17) is 4.74 Å². The van der Waals surface area contributed by atoms with Crippen LogP contribution in [0.15, 0.2) is 41.6 Å². The summed E-state index contributed by atoms with van der Waals surface area (Å²) in [5.74, 6) is -0.316. The lowest BCUT2D eigenvalue weighted by atomic mass is 9.94. The molecule has 1 saturated carbocycles. The number of ether oxygens (including phenoxy) is 1. The number of aryl methyl sites for hydroxylation is 1. The van der Waals surface area contributed by atoms with E-state index in [1.807, 2.05) is 29.8 Å². The molecule has 0 amide bonds. The van der Waals surface area contributed by atoms with Gasteiger partial charge in [0.05, 0.1) is 12.8 Å². The summed E-state index contributed by atoms with van der Waals surface area (Å²) in [7, 11) is 3.41. The number of rotatable bonds is 2. The van der Waals surface area contributed by atoms with Crippen molar-refractivity contribution >= 4 is 22.4 Å². The summed E-state index contributed by atoms with van der Waals surface area (Å²) in [6.07, 6.45) is 5.71. The molecule has 0 aliphatic heterocycles. The Morgan fingerprint density at radius 3 is 2.59 bits per heavy atom. The molecule has 3 nitrogen and oxygen atoms in total. The van der Waals surface area contributed by atoms with E-state index in [1.54, 1.807) is 0 Å². The first-order valence-corrected chi connectivity index (χ1v) is 7.82. The molecule has 1 heterocycles. The number of methoxy groups -OCH3 is 1. The first-order valence-electron chi connectivity index (χ1n) is 7.82. The largest absolute Gasteiger partial charge is 0.465 e. The smallest absolute Gasteiger partial charge is 0.347 e. The Bertz CT molecular complexity index is 768. The number of hydrogen-bond acceptors (Lipinski definition) is 2. The third-order valence-electron chi connectivity index (χ3n) is 4.36. The van der Waals surface area contributed by atoms with E-state index >= 15 is 0 Å². The lowest BCUT2D eigenvalue weighted by molar-refractivity contribution is -0.133. The van der Waals surface area contributed by atoms with Crippen molar-refractivity contribution in [3.8, 4) is 0 Å². The van der Waals surface area contributed by atoms with E-state index < -0.39 is 0 Å². The molecule has 1 aliphatic carbocycles. The Balaban J connectivity index is 2.18. The van der Waals surface area contributed by atoms with E-state index in [1.165, 1.54) is 31.9 Å². The summed E-state index contributed by atoms with van der Waals surface area (Å²) in [4.78, 5) is 12.3. The Hall–Kier alpha value is -2.25. The number of para-hydroxylation sites is 1. The number of aromatic nitrogens is 1. The van der Waals surface area contributed by atoms with Gasteiger partial charge in [-0.3, -0.25) is 0 Å². The highest BCUT2D eigenvalue weighted by Gasteiger charge is 2.18. The van der Waals surface area contributed by atoms with Gasteiger partial charge >= 0.3 is 5.97 Å². The molecule has 22 heavy (non-hydrogen) atoms. The van der Waals surface area contributed by atoms with Gasteiger partial charge in [-0.2, -0.15) is 0 Å². The minimum absolute atomic E-state index is 0.316. The number of benzene rings is 1. The Morgan fingerprint density at radius 2 is 1.91 bits per heavy atom. The maximum Gasteiger partial charge on any atom is 0.347 e. The summed E-state index contributed by atoms with van der Waals surface area (Å²) in [5.41, 5.74) is 7.11. The quantitative estimate of drug-likeness (QED) is 0.472. The van der Waals surface area contributed by atoms with Crippen LogP contribution >= 0.6 is 0 Å². The second kappa shape index (κ2) is 6.25. The van der Waals surface area contributed by atoms with Gasteiger partial charge in [0, 0.05) is 18.0 Å². The lowest BCUT2D eigenvalue weighted by Crippen LogP contribution is -2.07. The second-order valence-electron chi connectivity index (χ2n) is 5.80. The normalized spacial score (nSPS) is 14.7. The number of esters is 1. The Labute approximate surface area is 130 Å². The summed E-state index contributed by atoms with van der Waals surface area (Å²) in [5, 5.41) is 1.12. The van der Waals surface area contributed by atoms with Gasteiger partial charge in [-0.05, 0) is 43.4 Å². The molecular weight excluding hydrogens is 274 g/mol. The van der Waals surface area contributed by atoms with Crippen LogP contribution in [0.2, 0.25) is 0 Å². The maximum atomic E-state index is 12.3. The van der Waals surface area contributed by atoms with Crippen molar-refractivity contribution in [2.75, 3.05) is 7.11 Å². The monoisotopic (exact) mass is 295 g/mol. The van der Waals surface area contributed by atoms with Crippen LogP contribution < -0.4 is 0 Å². The number of nitrogens with zero attached hydrogens (tertiary/aromatic N) is 1. The summed E-state index contributed by atoms with van der Waals surface area (Å²) in [6.45, 7) is 0. The fraction of sp³-hybridized carbons (Fsp3) is 0.368. The first-order chi connectivity index (χ1) is 10.7. The summed E-state index contributed by atoms with van der Waals surface area (Å²) < 4.78 is 7.03. The van der Waals surface area contributed by atoms with E-state index in [-0.39, 0.29) is 5.97 Å². The van der Waals surface area contributed by atoms with Crippen LogP contribution in [0.5, 0.6) is 0 Å². The van der Waals surface area contributed by atoms with Gasteiger partial charge in [0.2, 0.25) is 0 Å². The van der Waals surface area contributed by atoms with Crippen molar-refractivity contribution in [2.45, 2.75) is 32.1 Å². The summed E-state index contributed by atoms with van der Waals surface area (Å²) >= 11 is 0. The van der Waals surface area contributed by atoms with E-state index in [0.717, 1.165) is 29.4 Å². The fourth-order valence-corrected chi connectivity index (χ4v) is 3.13. The molecule has 0 bridgehead atoms. The molecular formula is C19H21NO2. The zero-order chi connectivity index (χ0) is 15.5. The minimum atomic E-state index is -0.316. The fourth-order valence-electron chi connectivity index (χ4n) is 3.13. The van der Waals surface area contributed by atoms with E-state index in [9.17, 15) is 4.79 Å². The van der Waals surface area contributed by atoms with Gasteiger partial charge in [-0.1, -0.05) is 24.6 Å². The first kappa shape index (κ1) is 14.7. The SMILES string of the molecule is COC(=O)C(=C=C1CCCCC1)c1cc2ccccc2n1C. The van der Waals surface area contributed by atoms with Crippen LogP contribution in [0.25, 0.3) is 16.5 Å². The van der Waals surface area contributed by atoms with Crippen molar-refractivity contribution in [2.24, 2.45) is 7.05 Å². The summed E-state index contributed by atoms with van der Waals surface area (Å²) in [6, 6.07) is 10.2. The molecule has 1 fully saturated rings. The lowest BCUT2D eigenvalue weighted by Gasteiger charge is -2.12. The molecule has 1 aliphatic rings. The van der Waals surface area contributed by atoms with Gasteiger partial charge in [-0.15, -0.1) is 5.73 Å². The van der Waals surface area contributed by atoms with Crippen LogP contribution in [0.1, 0.15) is 37.8 Å². The molecule has 0 saturated heterocycles.